The molecule has 0 unspecified atom stereocenters. The molecule has 0 spiro atoms. The maximum absolute atomic E-state index is 8.60. The summed E-state index contributed by atoms with van der Waals surface area (Å²) in [5, 5.41) is 0. The van der Waals surface area contributed by atoms with E-state index in [9.17, 15) is 0 Å². The molecule has 0 heterocycles. The molecule has 0 amide bonds. The zero-order valence-corrected chi connectivity index (χ0v) is 9.64. The van der Waals surface area contributed by atoms with Gasteiger partial charge in [0.25, 0.3) is 0 Å². The van der Waals surface area contributed by atoms with E-state index in [1.54, 1.807) is 0 Å². The fraction of sp³-hybridized carbons (Fsp3) is 0.333. The van der Waals surface area contributed by atoms with Gasteiger partial charge in [0, 0.05) is 0 Å². The normalized spacial score (nSPS) is 11.7. The van der Waals surface area contributed by atoms with Crippen LogP contribution in [0.1, 0.15) is 0 Å². The number of benzene rings is 1. The van der Waals surface area contributed by atoms with Crippen LogP contribution in [0, 0.1) is 10.2 Å². The number of rotatable bonds is 1. The first-order valence-corrected chi connectivity index (χ1v) is 5.37. The summed E-state index contributed by atoms with van der Waals surface area (Å²) in [5.41, 5.74) is 1.34. The standard InChI is InChI=1S/C9H14N.ClHO4/c1-10(2,3)9-7-5-4-6-8-9;2-1(3,4)5/h4-8H,1-3H3;(H,2,3,4,5)/q+1;. The minimum absolute atomic E-state index is 0.890. The molecule has 0 radical (unpaired) electrons. The van der Waals surface area contributed by atoms with Gasteiger partial charge in [0.1, 0.15) is 5.69 Å². The number of para-hydroxylation sites is 1. The lowest BCUT2D eigenvalue weighted by atomic mass is 10.3. The number of quaternary nitrogens is 1. The van der Waals surface area contributed by atoms with E-state index in [1.165, 1.54) is 5.69 Å². The minimum atomic E-state index is -4.69. The van der Waals surface area contributed by atoms with Crippen LogP contribution in [-0.2, 0) is 0 Å². The molecule has 0 aliphatic carbocycles. The van der Waals surface area contributed by atoms with E-state index < -0.39 is 10.2 Å². The molecule has 0 atom stereocenters. The van der Waals surface area contributed by atoms with Gasteiger partial charge in [-0.25, -0.2) is 0 Å². The number of hydrogen-bond acceptors (Lipinski definition) is 4. The lowest BCUT2D eigenvalue weighted by Crippen LogP contribution is -2.58. The predicted octanol–water partition coefficient (Wildman–Crippen LogP) is -2.24. The lowest BCUT2D eigenvalue weighted by Gasteiger charge is -2.22. The number of hydrogen-bond donors (Lipinski definition) is 1. The summed E-state index contributed by atoms with van der Waals surface area (Å²) >= 11 is 0. The molecule has 1 rings (SSSR count). The zero-order valence-electron chi connectivity index (χ0n) is 8.88. The SMILES string of the molecule is C[N+](C)(C)c1ccccc1.[O-][Cl+3]([O-])([O-])O. The van der Waals surface area contributed by atoms with Crippen molar-refractivity contribution in [1.82, 2.24) is 4.48 Å². The highest BCUT2D eigenvalue weighted by molar-refractivity contribution is 5.40. The van der Waals surface area contributed by atoms with E-state index in [4.69, 9.17) is 18.6 Å². The van der Waals surface area contributed by atoms with Gasteiger partial charge in [0.2, 0.25) is 0 Å². The summed E-state index contributed by atoms with van der Waals surface area (Å²) in [6.07, 6.45) is 0. The van der Waals surface area contributed by atoms with Crippen molar-refractivity contribution in [3.05, 3.63) is 30.3 Å². The van der Waals surface area contributed by atoms with Crippen LogP contribution in [0.3, 0.4) is 0 Å². The first kappa shape index (κ1) is 14.3. The Labute approximate surface area is 91.1 Å². The van der Waals surface area contributed by atoms with Gasteiger partial charge < -0.3 is 0 Å². The zero-order chi connectivity index (χ0) is 12.1. The van der Waals surface area contributed by atoms with Gasteiger partial charge >= 0.3 is 0 Å². The Balaban J connectivity index is 0.000000336. The van der Waals surface area contributed by atoms with Crippen molar-refractivity contribution in [3.8, 4) is 0 Å². The number of nitrogens with zero attached hydrogens (tertiary/aromatic N) is 1. The van der Waals surface area contributed by atoms with E-state index in [1.807, 2.05) is 6.07 Å². The topological polar surface area (TPSA) is 89.4 Å². The highest BCUT2D eigenvalue weighted by Gasteiger charge is 2.08. The first-order valence-electron chi connectivity index (χ1n) is 4.11. The molecule has 0 saturated heterocycles. The monoisotopic (exact) mass is 236 g/mol. The van der Waals surface area contributed by atoms with Gasteiger partial charge in [-0.2, -0.15) is 14.0 Å². The van der Waals surface area contributed by atoms with E-state index in [0.29, 0.717) is 0 Å². The maximum atomic E-state index is 8.60. The second-order valence-corrected chi connectivity index (χ2v) is 4.54. The van der Waals surface area contributed by atoms with Crippen molar-refractivity contribution in [3.63, 3.8) is 0 Å². The summed E-state index contributed by atoms with van der Waals surface area (Å²) in [7, 11) is 1.79. The van der Waals surface area contributed by atoms with Crippen LogP contribution in [0.25, 0.3) is 0 Å². The summed E-state index contributed by atoms with van der Waals surface area (Å²) in [6.45, 7) is 0. The van der Waals surface area contributed by atoms with E-state index >= 15 is 0 Å². The first-order chi connectivity index (χ1) is 6.61. The molecule has 5 nitrogen and oxygen atoms in total. The van der Waals surface area contributed by atoms with E-state index in [2.05, 4.69) is 45.4 Å². The molecule has 86 valence electrons. The Hall–Kier alpha value is -0.690. The van der Waals surface area contributed by atoms with Crippen LogP contribution in [0.2, 0.25) is 0 Å². The lowest BCUT2D eigenvalue weighted by molar-refractivity contribution is -1.92. The van der Waals surface area contributed by atoms with E-state index in [0.717, 1.165) is 4.48 Å². The third-order valence-corrected chi connectivity index (χ3v) is 1.53. The third-order valence-electron chi connectivity index (χ3n) is 1.53. The van der Waals surface area contributed by atoms with Crippen molar-refractivity contribution in [2.45, 2.75) is 0 Å². The van der Waals surface area contributed by atoms with Gasteiger partial charge in [-0.15, -0.1) is 0 Å². The molecule has 6 heteroatoms. The molecule has 0 saturated carbocycles. The van der Waals surface area contributed by atoms with Gasteiger partial charge in [0.15, 0.2) is 0 Å². The fourth-order valence-corrected chi connectivity index (χ4v) is 0.875. The van der Waals surface area contributed by atoms with Crippen molar-refractivity contribution >= 4 is 5.69 Å². The molecular weight excluding hydrogens is 222 g/mol. The largest absolute Gasteiger partial charge is 0.298 e. The molecule has 0 fully saturated rings. The molecule has 15 heavy (non-hydrogen) atoms. The Bertz CT molecular complexity index is 272. The molecule has 0 aromatic heterocycles. The van der Waals surface area contributed by atoms with Crippen LogP contribution in [0.4, 0.5) is 5.69 Å². The van der Waals surface area contributed by atoms with Crippen LogP contribution >= 0.6 is 0 Å². The van der Waals surface area contributed by atoms with Gasteiger partial charge in [0.05, 0.1) is 36.0 Å². The Morgan fingerprint density at radius 2 is 1.33 bits per heavy atom. The summed E-state index contributed by atoms with van der Waals surface area (Å²) in [4.78, 5) is 0. The van der Waals surface area contributed by atoms with Crippen molar-refractivity contribution in [1.29, 1.82) is 0 Å². The molecular formula is C9H15ClNO4+. The molecule has 0 aliphatic heterocycles. The van der Waals surface area contributed by atoms with Gasteiger partial charge in [-0.3, -0.25) is 4.48 Å². The molecule has 1 aromatic carbocycles. The van der Waals surface area contributed by atoms with Crippen molar-refractivity contribution in [2.75, 3.05) is 21.1 Å². The third kappa shape index (κ3) is 9.61. The quantitative estimate of drug-likeness (QED) is 0.559. The molecule has 1 N–H and O–H groups in total. The highest BCUT2D eigenvalue weighted by atomic mass is 35.7. The maximum Gasteiger partial charge on any atom is 0.132 e. The van der Waals surface area contributed by atoms with Gasteiger partial charge in [-0.05, 0) is 12.1 Å². The van der Waals surface area contributed by atoms with Crippen LogP contribution in [-0.4, -0.2) is 25.8 Å². The number of halogens is 1. The van der Waals surface area contributed by atoms with Crippen LogP contribution < -0.4 is 18.5 Å². The summed E-state index contributed by atoms with van der Waals surface area (Å²) in [5.74, 6) is 0. The van der Waals surface area contributed by atoms with E-state index in [-0.39, 0.29) is 0 Å². The summed E-state index contributed by atoms with van der Waals surface area (Å²) < 4.78 is 33.6. The van der Waals surface area contributed by atoms with Crippen molar-refractivity contribution in [2.24, 2.45) is 0 Å². The molecule has 1 aromatic rings. The Morgan fingerprint density at radius 3 is 1.53 bits per heavy atom. The molecule has 0 aliphatic rings. The van der Waals surface area contributed by atoms with Crippen LogP contribution in [0.15, 0.2) is 30.3 Å². The average Bonchev–Trinajstić information content (AvgIpc) is 2.01. The second-order valence-electron chi connectivity index (χ2n) is 3.74. The fourth-order valence-electron chi connectivity index (χ4n) is 0.875. The summed E-state index contributed by atoms with van der Waals surface area (Å²) in [6, 6.07) is 10.5. The highest BCUT2D eigenvalue weighted by Crippen LogP contribution is 2.14. The molecule has 0 bridgehead atoms. The Morgan fingerprint density at radius 1 is 1.00 bits per heavy atom. The predicted molar refractivity (Wildman–Crippen MR) is 48.2 cm³/mol. The average molecular weight is 237 g/mol. The van der Waals surface area contributed by atoms with Crippen LogP contribution in [0.5, 0.6) is 0 Å². The second kappa shape index (κ2) is 5.41. The van der Waals surface area contributed by atoms with Gasteiger partial charge in [-0.1, -0.05) is 18.2 Å². The smallest absolute Gasteiger partial charge is 0.132 e. The van der Waals surface area contributed by atoms with Crippen molar-refractivity contribution < 1.29 is 28.9 Å². The minimum Gasteiger partial charge on any atom is -0.298 e. The Kier molecular flexibility index (Phi) is 5.16.